The van der Waals surface area contributed by atoms with Crippen molar-refractivity contribution >= 4 is 5.82 Å². The number of likely N-dealkylation sites (tertiary alicyclic amines) is 1. The molecule has 0 aliphatic carbocycles. The van der Waals surface area contributed by atoms with Gasteiger partial charge in [-0.15, -0.1) is 10.2 Å². The van der Waals surface area contributed by atoms with Gasteiger partial charge in [0.2, 0.25) is 5.56 Å². The van der Waals surface area contributed by atoms with Crippen LogP contribution in [0.4, 0.5) is 10.2 Å². The second-order valence-corrected chi connectivity index (χ2v) is 9.55. The predicted octanol–water partition coefficient (Wildman–Crippen LogP) is 4.10. The van der Waals surface area contributed by atoms with Gasteiger partial charge in [0, 0.05) is 42.5 Å². The smallest absolute Gasteiger partial charge is 0.247 e. The highest BCUT2D eigenvalue weighted by molar-refractivity contribution is 5.74. The molecule has 3 heterocycles. The Morgan fingerprint density at radius 1 is 1.18 bits per heavy atom. The van der Waals surface area contributed by atoms with E-state index in [0.717, 1.165) is 24.1 Å². The molecule has 1 saturated heterocycles. The fourth-order valence-electron chi connectivity index (χ4n) is 4.79. The van der Waals surface area contributed by atoms with Crippen LogP contribution in [0.1, 0.15) is 27.2 Å². The molecule has 4 rings (SSSR count). The Labute approximate surface area is 199 Å². The molecular weight excluding hydrogens is 433 g/mol. The van der Waals surface area contributed by atoms with Crippen molar-refractivity contribution in [3.05, 3.63) is 59.0 Å². The number of phenolic OH excluding ortho intramolecular Hbond substituents is 1. The molecular formula is C26H32FN5O2. The van der Waals surface area contributed by atoms with Gasteiger partial charge in [-0.3, -0.25) is 4.79 Å². The highest BCUT2D eigenvalue weighted by Gasteiger charge is 2.42. The first-order valence-corrected chi connectivity index (χ1v) is 11.6. The van der Waals surface area contributed by atoms with Crippen LogP contribution in [0.3, 0.4) is 0 Å². The fourth-order valence-corrected chi connectivity index (χ4v) is 4.79. The number of rotatable bonds is 6. The minimum absolute atomic E-state index is 0.00977. The number of H-pyrrole nitrogens is 1. The molecule has 1 aliphatic heterocycles. The Kier molecular flexibility index (Phi) is 6.70. The highest BCUT2D eigenvalue weighted by Crippen LogP contribution is 2.37. The van der Waals surface area contributed by atoms with Crippen LogP contribution in [0.15, 0.2) is 53.5 Å². The van der Waals surface area contributed by atoms with Gasteiger partial charge in [0.15, 0.2) is 5.82 Å². The Morgan fingerprint density at radius 3 is 2.56 bits per heavy atom. The maximum Gasteiger partial charge on any atom is 0.247 e. The summed E-state index contributed by atoms with van der Waals surface area (Å²) < 4.78 is 13.5. The molecule has 2 unspecified atom stereocenters. The lowest BCUT2D eigenvalue weighted by Crippen LogP contribution is -2.60. The first-order valence-electron chi connectivity index (χ1n) is 11.6. The Bertz CT molecular complexity index is 1170. The van der Waals surface area contributed by atoms with Gasteiger partial charge in [-0.2, -0.15) is 0 Å². The predicted molar refractivity (Wildman–Crippen MR) is 133 cm³/mol. The van der Waals surface area contributed by atoms with Crippen molar-refractivity contribution in [2.75, 3.05) is 31.7 Å². The molecule has 1 aromatic carbocycles. The summed E-state index contributed by atoms with van der Waals surface area (Å²) in [6.07, 6.45) is 2.54. The number of hydrogen-bond acceptors (Lipinski definition) is 6. The van der Waals surface area contributed by atoms with E-state index in [2.05, 4.69) is 47.9 Å². The van der Waals surface area contributed by atoms with Crippen LogP contribution in [-0.2, 0) is 0 Å². The Morgan fingerprint density at radius 2 is 1.94 bits per heavy atom. The van der Waals surface area contributed by atoms with Crippen LogP contribution in [0.5, 0.6) is 5.75 Å². The number of nitrogens with one attached hydrogen (secondary N) is 1. The van der Waals surface area contributed by atoms with Crippen molar-refractivity contribution in [2.45, 2.75) is 38.8 Å². The van der Waals surface area contributed by atoms with Crippen LogP contribution in [0, 0.1) is 5.92 Å². The molecule has 180 valence electrons. The second kappa shape index (κ2) is 9.54. The van der Waals surface area contributed by atoms with Gasteiger partial charge in [-0.25, -0.2) is 4.39 Å². The molecule has 0 amide bonds. The molecule has 3 aromatic rings. The van der Waals surface area contributed by atoms with Crippen molar-refractivity contribution < 1.29 is 9.50 Å². The number of aromatic hydroxyl groups is 1. The van der Waals surface area contributed by atoms with E-state index in [1.54, 1.807) is 24.4 Å². The van der Waals surface area contributed by atoms with Gasteiger partial charge < -0.3 is 19.9 Å². The number of halogens is 1. The Balaban J connectivity index is 1.59. The number of piperidine rings is 1. The topological polar surface area (TPSA) is 85.3 Å². The van der Waals surface area contributed by atoms with Gasteiger partial charge in [-0.05, 0) is 74.7 Å². The van der Waals surface area contributed by atoms with Crippen molar-refractivity contribution in [2.24, 2.45) is 5.92 Å². The number of benzene rings is 1. The zero-order valence-corrected chi connectivity index (χ0v) is 20.1. The third kappa shape index (κ3) is 4.55. The van der Waals surface area contributed by atoms with Crippen molar-refractivity contribution in [1.29, 1.82) is 0 Å². The molecule has 34 heavy (non-hydrogen) atoms. The first kappa shape index (κ1) is 23.9. The van der Waals surface area contributed by atoms with Crippen LogP contribution in [-0.4, -0.2) is 63.6 Å². The van der Waals surface area contributed by atoms with Crippen LogP contribution in [0.25, 0.3) is 22.4 Å². The summed E-state index contributed by atoms with van der Waals surface area (Å²) in [7, 11) is 2.13. The first-order chi connectivity index (χ1) is 16.2. The van der Waals surface area contributed by atoms with Gasteiger partial charge >= 0.3 is 0 Å². The Hall–Kier alpha value is -3.26. The fraction of sp³-hybridized carbons (Fsp3) is 0.423. The minimum atomic E-state index is -0.462. The molecule has 7 nitrogen and oxygen atoms in total. The molecule has 2 N–H and O–H groups in total. The summed E-state index contributed by atoms with van der Waals surface area (Å²) >= 11 is 0. The number of anilines is 1. The summed E-state index contributed by atoms with van der Waals surface area (Å²) in [5, 5.41) is 19.4. The summed E-state index contributed by atoms with van der Waals surface area (Å²) in [6.45, 7) is 7.41. The minimum Gasteiger partial charge on any atom is -0.507 e. The third-order valence-corrected chi connectivity index (χ3v) is 7.50. The molecule has 1 fully saturated rings. The number of alkyl halides is 1. The summed E-state index contributed by atoms with van der Waals surface area (Å²) in [5.74, 6) is 1.02. The molecule has 0 radical (unpaired) electrons. The van der Waals surface area contributed by atoms with Crippen LogP contribution in [0.2, 0.25) is 0 Å². The molecule has 1 aliphatic rings. The number of nitrogens with zero attached hydrogens (tertiary/aromatic N) is 4. The second-order valence-electron chi connectivity index (χ2n) is 9.55. The normalized spacial score (nSPS) is 20.3. The monoisotopic (exact) mass is 465 g/mol. The number of aromatic nitrogens is 3. The van der Waals surface area contributed by atoms with Gasteiger partial charge in [-0.1, -0.05) is 13.0 Å². The molecule has 2 aromatic heterocycles. The van der Waals surface area contributed by atoms with Crippen molar-refractivity contribution in [3.8, 4) is 28.1 Å². The standard InChI is InChI=1S/C26H32FN5O2/c1-17-22(11-13-31(4)26(17,2)3)32(14-12-27)24-9-8-21(29-30-24)20-7-5-18(15-23(20)33)19-6-10-25(34)28-16-19/h5-10,15-17,22,33H,11-14H2,1-4H3,(H,28,34). The van der Waals surface area contributed by atoms with Gasteiger partial charge in [0.05, 0.1) is 5.69 Å². The van der Waals surface area contributed by atoms with Crippen molar-refractivity contribution in [3.63, 3.8) is 0 Å². The van der Waals surface area contributed by atoms with E-state index in [0.29, 0.717) is 23.0 Å². The maximum atomic E-state index is 13.5. The number of aromatic amines is 1. The molecule has 0 saturated carbocycles. The van der Waals surface area contributed by atoms with E-state index in [9.17, 15) is 14.3 Å². The molecule has 0 spiro atoms. The highest BCUT2D eigenvalue weighted by atomic mass is 19.1. The lowest BCUT2D eigenvalue weighted by Gasteiger charge is -2.52. The van der Waals surface area contributed by atoms with Gasteiger partial charge in [0.25, 0.3) is 0 Å². The molecule has 8 heteroatoms. The quantitative estimate of drug-likeness (QED) is 0.570. The van der Waals surface area contributed by atoms with Crippen LogP contribution < -0.4 is 10.5 Å². The summed E-state index contributed by atoms with van der Waals surface area (Å²) in [4.78, 5) is 18.3. The van der Waals surface area contributed by atoms with E-state index in [1.807, 2.05) is 23.1 Å². The maximum absolute atomic E-state index is 13.5. The number of phenols is 1. The summed E-state index contributed by atoms with van der Waals surface area (Å²) in [5.41, 5.74) is 2.46. The van der Waals surface area contributed by atoms with E-state index in [-0.39, 0.29) is 29.4 Å². The number of hydrogen-bond donors (Lipinski definition) is 2. The van der Waals surface area contributed by atoms with E-state index < -0.39 is 6.67 Å². The average Bonchev–Trinajstić information content (AvgIpc) is 2.83. The van der Waals surface area contributed by atoms with E-state index >= 15 is 0 Å². The lowest BCUT2D eigenvalue weighted by molar-refractivity contribution is 0.0375. The zero-order chi connectivity index (χ0) is 24.5. The third-order valence-electron chi connectivity index (χ3n) is 7.50. The zero-order valence-electron chi connectivity index (χ0n) is 20.1. The van der Waals surface area contributed by atoms with Crippen LogP contribution >= 0.6 is 0 Å². The SMILES string of the molecule is CC1C(N(CCF)c2ccc(-c3ccc(-c4ccc(=O)[nH]c4)cc3O)nn2)CCN(C)C1(C)C. The average molecular weight is 466 g/mol. The molecule has 0 bridgehead atoms. The van der Waals surface area contributed by atoms with Crippen molar-refractivity contribution in [1.82, 2.24) is 20.1 Å². The summed E-state index contributed by atoms with van der Waals surface area (Å²) in [6, 6.07) is 12.2. The van der Waals surface area contributed by atoms with E-state index in [4.69, 9.17) is 0 Å². The molecule has 2 atom stereocenters. The lowest BCUT2D eigenvalue weighted by atomic mass is 9.76. The van der Waals surface area contributed by atoms with E-state index in [1.165, 1.54) is 6.07 Å². The largest absolute Gasteiger partial charge is 0.507 e. The van der Waals surface area contributed by atoms with Gasteiger partial charge in [0.1, 0.15) is 12.4 Å². The number of pyridine rings is 1.